The first-order chi connectivity index (χ1) is 14.1. The Morgan fingerprint density at radius 2 is 1.79 bits per heavy atom. The maximum atomic E-state index is 15.0. The summed E-state index contributed by atoms with van der Waals surface area (Å²) in [6.07, 6.45) is 2.68. The van der Waals surface area contributed by atoms with Gasteiger partial charge in [-0.2, -0.15) is 5.26 Å². The summed E-state index contributed by atoms with van der Waals surface area (Å²) >= 11 is 0. The first kappa shape index (κ1) is 19.2. The number of hydrogen-bond acceptors (Lipinski definition) is 4. The molecule has 0 saturated carbocycles. The Bertz CT molecular complexity index is 982. The molecular formula is C24H25FN4. The van der Waals surface area contributed by atoms with E-state index in [-0.39, 0.29) is 5.82 Å². The first-order valence-corrected chi connectivity index (χ1v) is 9.96. The van der Waals surface area contributed by atoms with Crippen molar-refractivity contribution >= 4 is 16.9 Å². The molecule has 0 aliphatic carbocycles. The molecule has 0 atom stereocenters. The second-order valence-corrected chi connectivity index (χ2v) is 7.67. The molecule has 4 rings (SSSR count). The summed E-state index contributed by atoms with van der Waals surface area (Å²) in [7, 11) is 2.09. The van der Waals surface area contributed by atoms with E-state index in [1.165, 1.54) is 5.56 Å². The van der Waals surface area contributed by atoms with Gasteiger partial charge in [0.15, 0.2) is 0 Å². The van der Waals surface area contributed by atoms with Gasteiger partial charge < -0.3 is 14.7 Å². The molecule has 0 radical (unpaired) electrons. The summed E-state index contributed by atoms with van der Waals surface area (Å²) in [5, 5.41) is 9.53. The number of rotatable bonds is 4. The lowest BCUT2D eigenvalue weighted by molar-refractivity contribution is 0.311. The van der Waals surface area contributed by atoms with Crippen LogP contribution in [0.5, 0.6) is 0 Å². The molecule has 5 heteroatoms. The topological polar surface area (TPSA) is 33.5 Å². The highest BCUT2D eigenvalue weighted by Gasteiger charge is 2.26. The van der Waals surface area contributed by atoms with Crippen LogP contribution in [0.25, 0.3) is 5.57 Å². The molecule has 2 heterocycles. The van der Waals surface area contributed by atoms with Crippen molar-refractivity contribution < 1.29 is 4.39 Å². The van der Waals surface area contributed by atoms with E-state index in [1.807, 2.05) is 30.5 Å². The van der Waals surface area contributed by atoms with Crippen LogP contribution in [0, 0.1) is 17.1 Å². The van der Waals surface area contributed by atoms with Crippen molar-refractivity contribution in [2.75, 3.05) is 49.6 Å². The zero-order valence-corrected chi connectivity index (χ0v) is 16.7. The van der Waals surface area contributed by atoms with Crippen molar-refractivity contribution in [3.63, 3.8) is 0 Å². The van der Waals surface area contributed by atoms with Gasteiger partial charge in [0.25, 0.3) is 0 Å². The van der Waals surface area contributed by atoms with Crippen LogP contribution < -0.4 is 9.80 Å². The Hall–Kier alpha value is -3.10. The maximum Gasteiger partial charge on any atom is 0.147 e. The highest BCUT2D eigenvalue weighted by Crippen LogP contribution is 2.40. The molecule has 2 aliphatic heterocycles. The number of piperazine rings is 1. The molecular weight excluding hydrogens is 363 g/mol. The average Bonchev–Trinajstić information content (AvgIpc) is 2.75. The Kier molecular flexibility index (Phi) is 5.37. The van der Waals surface area contributed by atoms with Crippen LogP contribution >= 0.6 is 0 Å². The fraction of sp³-hybridized carbons (Fsp3) is 0.292. The molecule has 0 N–H and O–H groups in total. The third kappa shape index (κ3) is 3.90. The standard InChI is InChI=1S/C24H25FN4/c1-18-20(16-26)17-29(9-8-19-6-4-3-5-7-19)23-15-24(22(25)14-21(18)23)28-12-10-27(2)11-13-28/h3-7,14-15,17H,1,8-13H2,2H3. The van der Waals surface area contributed by atoms with E-state index < -0.39 is 0 Å². The highest BCUT2D eigenvalue weighted by atomic mass is 19.1. The third-order valence-corrected chi connectivity index (χ3v) is 5.76. The smallest absolute Gasteiger partial charge is 0.147 e. The van der Waals surface area contributed by atoms with E-state index in [0.717, 1.165) is 38.3 Å². The van der Waals surface area contributed by atoms with Gasteiger partial charge in [-0.1, -0.05) is 36.9 Å². The van der Waals surface area contributed by atoms with Crippen molar-refractivity contribution in [3.05, 3.63) is 77.8 Å². The third-order valence-electron chi connectivity index (χ3n) is 5.76. The predicted molar refractivity (Wildman–Crippen MR) is 116 cm³/mol. The summed E-state index contributed by atoms with van der Waals surface area (Å²) in [5.41, 5.74) is 4.54. The van der Waals surface area contributed by atoms with Gasteiger partial charge in [0.1, 0.15) is 11.9 Å². The SMILES string of the molecule is C=C1C(C#N)=CN(CCc2ccccc2)c2cc(N3CCN(C)CC3)c(F)cc21. The molecule has 1 saturated heterocycles. The lowest BCUT2D eigenvalue weighted by Crippen LogP contribution is -2.45. The minimum atomic E-state index is -0.253. The highest BCUT2D eigenvalue weighted by molar-refractivity contribution is 5.92. The van der Waals surface area contributed by atoms with Crippen LogP contribution in [0.15, 0.2) is 60.8 Å². The minimum absolute atomic E-state index is 0.253. The van der Waals surface area contributed by atoms with E-state index in [9.17, 15) is 5.26 Å². The first-order valence-electron chi connectivity index (χ1n) is 9.96. The fourth-order valence-electron chi connectivity index (χ4n) is 3.94. The lowest BCUT2D eigenvalue weighted by atomic mass is 9.94. The van der Waals surface area contributed by atoms with Gasteiger partial charge in [-0.3, -0.25) is 0 Å². The normalized spacial score (nSPS) is 17.0. The second-order valence-electron chi connectivity index (χ2n) is 7.67. The molecule has 148 valence electrons. The van der Waals surface area contributed by atoms with Crippen molar-refractivity contribution in [2.24, 2.45) is 0 Å². The predicted octanol–water partition coefficient (Wildman–Crippen LogP) is 4.06. The molecule has 0 unspecified atom stereocenters. The number of hydrogen-bond donors (Lipinski definition) is 0. The van der Waals surface area contributed by atoms with Gasteiger partial charge in [-0.15, -0.1) is 0 Å². The van der Waals surface area contributed by atoms with E-state index in [1.54, 1.807) is 6.07 Å². The Labute approximate surface area is 171 Å². The van der Waals surface area contributed by atoms with E-state index in [2.05, 4.69) is 46.5 Å². The molecule has 0 spiro atoms. The number of benzene rings is 2. The number of allylic oxidation sites excluding steroid dienone is 2. The van der Waals surface area contributed by atoms with Gasteiger partial charge in [-0.05, 0) is 36.7 Å². The number of nitriles is 1. The summed E-state index contributed by atoms with van der Waals surface area (Å²) in [6.45, 7) is 8.20. The maximum absolute atomic E-state index is 15.0. The zero-order chi connectivity index (χ0) is 20.4. The van der Waals surface area contributed by atoms with E-state index in [0.29, 0.717) is 28.9 Å². The quantitative estimate of drug-likeness (QED) is 0.791. The van der Waals surface area contributed by atoms with Gasteiger partial charge in [0.2, 0.25) is 0 Å². The minimum Gasteiger partial charge on any atom is -0.367 e. The number of nitrogens with zero attached hydrogens (tertiary/aromatic N) is 4. The number of likely N-dealkylation sites (N-methyl/N-ethyl adjacent to an activating group) is 1. The van der Waals surface area contributed by atoms with Gasteiger partial charge in [0.05, 0.1) is 16.9 Å². The van der Waals surface area contributed by atoms with E-state index in [4.69, 9.17) is 0 Å². The van der Waals surface area contributed by atoms with Crippen molar-refractivity contribution in [2.45, 2.75) is 6.42 Å². The van der Waals surface area contributed by atoms with Crippen LogP contribution in [0.3, 0.4) is 0 Å². The number of halogens is 1. The van der Waals surface area contributed by atoms with Crippen LogP contribution in [0.2, 0.25) is 0 Å². The molecule has 2 aromatic rings. The molecule has 2 aliphatic rings. The van der Waals surface area contributed by atoms with E-state index >= 15 is 4.39 Å². The number of fused-ring (bicyclic) bond motifs is 1. The van der Waals surface area contributed by atoms with Crippen LogP contribution in [-0.2, 0) is 6.42 Å². The monoisotopic (exact) mass is 388 g/mol. The van der Waals surface area contributed by atoms with Gasteiger partial charge in [-0.25, -0.2) is 4.39 Å². The van der Waals surface area contributed by atoms with Crippen molar-refractivity contribution in [3.8, 4) is 6.07 Å². The van der Waals surface area contributed by atoms with Crippen LogP contribution in [-0.4, -0.2) is 44.7 Å². The Balaban J connectivity index is 1.67. The molecule has 29 heavy (non-hydrogen) atoms. The van der Waals surface area contributed by atoms with Gasteiger partial charge >= 0.3 is 0 Å². The average molecular weight is 388 g/mol. The molecule has 0 aromatic heterocycles. The molecule has 1 fully saturated rings. The largest absolute Gasteiger partial charge is 0.367 e. The molecule has 0 amide bonds. The fourth-order valence-corrected chi connectivity index (χ4v) is 3.94. The molecule has 0 bridgehead atoms. The van der Waals surface area contributed by atoms with Gasteiger partial charge in [0, 0.05) is 44.5 Å². The molecule has 2 aromatic carbocycles. The summed E-state index contributed by atoms with van der Waals surface area (Å²) < 4.78 is 15.0. The number of anilines is 2. The summed E-state index contributed by atoms with van der Waals surface area (Å²) in [5.74, 6) is -0.253. The summed E-state index contributed by atoms with van der Waals surface area (Å²) in [4.78, 5) is 6.43. The van der Waals surface area contributed by atoms with Crippen molar-refractivity contribution in [1.82, 2.24) is 4.90 Å². The molecule has 4 nitrogen and oxygen atoms in total. The lowest BCUT2D eigenvalue weighted by Gasteiger charge is -2.36. The van der Waals surface area contributed by atoms with Crippen LogP contribution in [0.1, 0.15) is 11.1 Å². The zero-order valence-electron chi connectivity index (χ0n) is 16.7. The second kappa shape index (κ2) is 8.10. The Morgan fingerprint density at radius 3 is 2.48 bits per heavy atom. The Morgan fingerprint density at radius 1 is 1.07 bits per heavy atom. The van der Waals surface area contributed by atoms with Crippen molar-refractivity contribution in [1.29, 1.82) is 5.26 Å². The van der Waals surface area contributed by atoms with Crippen LogP contribution in [0.4, 0.5) is 15.8 Å². The summed E-state index contributed by atoms with van der Waals surface area (Å²) in [6, 6.07) is 15.9.